The number of halogens is 1. The molecule has 0 amide bonds. The summed E-state index contributed by atoms with van der Waals surface area (Å²) in [5.74, 6) is 1.75. The highest BCUT2D eigenvalue weighted by Gasteiger charge is 2.04. The highest BCUT2D eigenvalue weighted by Crippen LogP contribution is 2.25. The predicted octanol–water partition coefficient (Wildman–Crippen LogP) is 4.06. The van der Waals surface area contributed by atoms with Crippen molar-refractivity contribution in [2.45, 2.75) is 6.42 Å². The van der Waals surface area contributed by atoms with Crippen LogP contribution in [0, 0.1) is 0 Å². The van der Waals surface area contributed by atoms with Gasteiger partial charge in [0.2, 0.25) is 0 Å². The Hall–Kier alpha value is -1.48. The highest BCUT2D eigenvalue weighted by molar-refractivity contribution is 9.10. The van der Waals surface area contributed by atoms with Crippen LogP contribution in [-0.2, 0) is 6.42 Å². The molecule has 0 N–H and O–H groups in total. The third kappa shape index (κ3) is 3.05. The zero-order chi connectivity index (χ0) is 13.0. The molecule has 0 bridgehead atoms. The standard InChI is InChI=1S/C15H15BrO2/c1-17-13-5-3-11(4-6-13)9-12-10-14(18-2)7-8-15(12)16/h3-8,10H,9H2,1-2H3. The van der Waals surface area contributed by atoms with Crippen molar-refractivity contribution in [3.05, 3.63) is 58.1 Å². The fourth-order valence-corrected chi connectivity index (χ4v) is 2.16. The van der Waals surface area contributed by atoms with Gasteiger partial charge in [-0.15, -0.1) is 0 Å². The van der Waals surface area contributed by atoms with Crippen LogP contribution >= 0.6 is 15.9 Å². The van der Waals surface area contributed by atoms with Gasteiger partial charge in [-0.05, 0) is 47.9 Å². The molecule has 0 aliphatic heterocycles. The topological polar surface area (TPSA) is 18.5 Å². The molecule has 0 saturated heterocycles. The minimum atomic E-state index is 0.863. The summed E-state index contributed by atoms with van der Waals surface area (Å²) in [6.45, 7) is 0. The number of hydrogen-bond acceptors (Lipinski definition) is 2. The van der Waals surface area contributed by atoms with Crippen LogP contribution in [0.25, 0.3) is 0 Å². The molecule has 18 heavy (non-hydrogen) atoms. The van der Waals surface area contributed by atoms with Crippen molar-refractivity contribution in [3.63, 3.8) is 0 Å². The van der Waals surface area contributed by atoms with E-state index in [0.29, 0.717) is 0 Å². The monoisotopic (exact) mass is 306 g/mol. The van der Waals surface area contributed by atoms with Crippen LogP contribution in [0.15, 0.2) is 46.9 Å². The number of benzene rings is 2. The van der Waals surface area contributed by atoms with Gasteiger partial charge in [0.1, 0.15) is 11.5 Å². The zero-order valence-electron chi connectivity index (χ0n) is 10.4. The van der Waals surface area contributed by atoms with Gasteiger partial charge in [0.15, 0.2) is 0 Å². The summed E-state index contributed by atoms with van der Waals surface area (Å²) < 4.78 is 11.5. The molecule has 0 aliphatic rings. The Labute approximate surface area is 116 Å². The average molecular weight is 307 g/mol. The van der Waals surface area contributed by atoms with Gasteiger partial charge >= 0.3 is 0 Å². The fourth-order valence-electron chi connectivity index (χ4n) is 1.78. The first-order valence-corrected chi connectivity index (χ1v) is 6.47. The minimum Gasteiger partial charge on any atom is -0.497 e. The lowest BCUT2D eigenvalue weighted by atomic mass is 10.0. The van der Waals surface area contributed by atoms with Crippen LogP contribution in [0.2, 0.25) is 0 Å². The quantitative estimate of drug-likeness (QED) is 0.848. The van der Waals surface area contributed by atoms with Gasteiger partial charge in [-0.1, -0.05) is 28.1 Å². The van der Waals surface area contributed by atoms with Crippen molar-refractivity contribution in [2.75, 3.05) is 14.2 Å². The number of ether oxygens (including phenoxy) is 2. The number of methoxy groups -OCH3 is 2. The molecule has 2 nitrogen and oxygen atoms in total. The SMILES string of the molecule is COc1ccc(Cc2cc(OC)ccc2Br)cc1. The molecule has 0 aliphatic carbocycles. The molecule has 0 atom stereocenters. The Morgan fingerprint density at radius 1 is 0.889 bits per heavy atom. The summed E-state index contributed by atoms with van der Waals surface area (Å²) in [6.07, 6.45) is 0.863. The van der Waals surface area contributed by atoms with Gasteiger partial charge in [-0.3, -0.25) is 0 Å². The lowest BCUT2D eigenvalue weighted by molar-refractivity contribution is 0.414. The molecular weight excluding hydrogens is 292 g/mol. The first kappa shape index (κ1) is 13.0. The van der Waals surface area contributed by atoms with E-state index < -0.39 is 0 Å². The third-order valence-corrected chi connectivity index (χ3v) is 3.58. The largest absolute Gasteiger partial charge is 0.497 e. The molecule has 2 aromatic rings. The molecule has 0 saturated carbocycles. The Morgan fingerprint density at radius 2 is 1.50 bits per heavy atom. The lowest BCUT2D eigenvalue weighted by Crippen LogP contribution is -1.92. The van der Waals surface area contributed by atoms with Crippen molar-refractivity contribution in [1.82, 2.24) is 0 Å². The fraction of sp³-hybridized carbons (Fsp3) is 0.200. The maximum Gasteiger partial charge on any atom is 0.119 e. The lowest BCUT2D eigenvalue weighted by Gasteiger charge is -2.08. The van der Waals surface area contributed by atoms with Crippen LogP contribution in [0.3, 0.4) is 0 Å². The third-order valence-electron chi connectivity index (χ3n) is 2.81. The van der Waals surface area contributed by atoms with Gasteiger partial charge in [-0.2, -0.15) is 0 Å². The Morgan fingerprint density at radius 3 is 2.11 bits per heavy atom. The highest BCUT2D eigenvalue weighted by atomic mass is 79.9. The second-order valence-corrected chi connectivity index (χ2v) is 4.84. The van der Waals surface area contributed by atoms with E-state index in [0.717, 1.165) is 22.4 Å². The Bertz CT molecular complexity index is 521. The van der Waals surface area contributed by atoms with Gasteiger partial charge in [0.25, 0.3) is 0 Å². The molecule has 0 radical (unpaired) electrons. The van der Waals surface area contributed by atoms with Gasteiger partial charge in [-0.25, -0.2) is 0 Å². The average Bonchev–Trinajstić information content (AvgIpc) is 2.42. The second-order valence-electron chi connectivity index (χ2n) is 3.98. The van der Waals surface area contributed by atoms with Gasteiger partial charge in [0.05, 0.1) is 14.2 Å². The molecule has 2 rings (SSSR count). The van der Waals surface area contributed by atoms with Crippen LogP contribution in [0.5, 0.6) is 11.5 Å². The van der Waals surface area contributed by atoms with E-state index in [1.807, 2.05) is 30.3 Å². The van der Waals surface area contributed by atoms with Crippen LogP contribution in [0.1, 0.15) is 11.1 Å². The van der Waals surface area contributed by atoms with Crippen molar-refractivity contribution in [1.29, 1.82) is 0 Å². The molecule has 0 heterocycles. The molecule has 0 aromatic heterocycles. The van der Waals surface area contributed by atoms with Crippen molar-refractivity contribution < 1.29 is 9.47 Å². The smallest absolute Gasteiger partial charge is 0.119 e. The van der Waals surface area contributed by atoms with E-state index in [4.69, 9.17) is 9.47 Å². The van der Waals surface area contributed by atoms with Gasteiger partial charge < -0.3 is 9.47 Å². The van der Waals surface area contributed by atoms with Gasteiger partial charge in [0, 0.05) is 4.47 Å². The van der Waals surface area contributed by atoms with Crippen molar-refractivity contribution in [3.8, 4) is 11.5 Å². The molecule has 2 aromatic carbocycles. The van der Waals surface area contributed by atoms with E-state index in [1.165, 1.54) is 11.1 Å². The summed E-state index contributed by atoms with van der Waals surface area (Å²) in [6, 6.07) is 14.1. The van der Waals surface area contributed by atoms with E-state index in [9.17, 15) is 0 Å². The van der Waals surface area contributed by atoms with E-state index in [1.54, 1.807) is 14.2 Å². The van der Waals surface area contributed by atoms with Crippen molar-refractivity contribution in [2.24, 2.45) is 0 Å². The molecule has 0 unspecified atom stereocenters. The van der Waals surface area contributed by atoms with Crippen molar-refractivity contribution >= 4 is 15.9 Å². The summed E-state index contributed by atoms with van der Waals surface area (Å²) in [7, 11) is 3.36. The minimum absolute atomic E-state index is 0.863. The Kier molecular flexibility index (Phi) is 4.26. The summed E-state index contributed by atoms with van der Waals surface area (Å²) in [5.41, 5.74) is 2.45. The molecule has 0 spiro atoms. The first-order valence-electron chi connectivity index (χ1n) is 5.68. The zero-order valence-corrected chi connectivity index (χ0v) is 12.0. The predicted molar refractivity (Wildman–Crippen MR) is 76.5 cm³/mol. The Balaban J connectivity index is 2.21. The summed E-state index contributed by atoms with van der Waals surface area (Å²) in [4.78, 5) is 0. The summed E-state index contributed by atoms with van der Waals surface area (Å²) in [5, 5.41) is 0. The first-order chi connectivity index (χ1) is 8.72. The maximum atomic E-state index is 5.24. The number of rotatable bonds is 4. The number of hydrogen-bond donors (Lipinski definition) is 0. The second kappa shape index (κ2) is 5.91. The molecular formula is C15H15BrO2. The van der Waals surface area contributed by atoms with Crippen LogP contribution < -0.4 is 9.47 Å². The molecule has 0 fully saturated rings. The van der Waals surface area contributed by atoms with E-state index >= 15 is 0 Å². The summed E-state index contributed by atoms with van der Waals surface area (Å²) >= 11 is 3.56. The van der Waals surface area contributed by atoms with Crippen LogP contribution in [0.4, 0.5) is 0 Å². The molecule has 3 heteroatoms. The van der Waals surface area contributed by atoms with E-state index in [2.05, 4.69) is 28.1 Å². The maximum absolute atomic E-state index is 5.24. The molecule has 94 valence electrons. The van der Waals surface area contributed by atoms with E-state index in [-0.39, 0.29) is 0 Å². The van der Waals surface area contributed by atoms with Crippen LogP contribution in [-0.4, -0.2) is 14.2 Å². The normalized spacial score (nSPS) is 10.2.